The van der Waals surface area contributed by atoms with E-state index in [9.17, 15) is 13.2 Å². The molecule has 0 radical (unpaired) electrons. The van der Waals surface area contributed by atoms with Gasteiger partial charge < -0.3 is 9.64 Å². The number of benzene rings is 1. The Morgan fingerprint density at radius 3 is 2.83 bits per heavy atom. The number of hydrogen-bond donors (Lipinski definition) is 0. The Morgan fingerprint density at radius 1 is 1.24 bits per heavy atom. The Labute approximate surface area is 171 Å². The summed E-state index contributed by atoms with van der Waals surface area (Å²) in [5.41, 5.74) is 2.88. The Balaban J connectivity index is 1.51. The van der Waals surface area contributed by atoms with Gasteiger partial charge in [0.1, 0.15) is 11.9 Å². The fourth-order valence-electron chi connectivity index (χ4n) is 4.04. The third-order valence-electron chi connectivity index (χ3n) is 5.71. The van der Waals surface area contributed by atoms with Gasteiger partial charge in [-0.3, -0.25) is 9.78 Å². The average molecular weight is 416 g/mol. The van der Waals surface area contributed by atoms with Crippen LogP contribution < -0.4 is 9.64 Å². The quantitative estimate of drug-likeness (QED) is 0.748. The van der Waals surface area contributed by atoms with E-state index in [4.69, 9.17) is 4.74 Å². The minimum Gasteiger partial charge on any atom is -0.487 e. The number of nitrogens with zero attached hydrogens (tertiary/aromatic N) is 3. The zero-order chi connectivity index (χ0) is 20.6. The minimum atomic E-state index is -3.20. The summed E-state index contributed by atoms with van der Waals surface area (Å²) in [5.74, 6) is 0.378. The molecule has 154 valence electrons. The van der Waals surface area contributed by atoms with E-state index < -0.39 is 10.0 Å². The van der Waals surface area contributed by atoms with Gasteiger partial charge in [0.2, 0.25) is 15.9 Å². The summed E-state index contributed by atoms with van der Waals surface area (Å²) in [7, 11) is -1.41. The van der Waals surface area contributed by atoms with Crippen LogP contribution in [0.1, 0.15) is 30.4 Å². The summed E-state index contributed by atoms with van der Waals surface area (Å²) < 4.78 is 31.6. The summed E-state index contributed by atoms with van der Waals surface area (Å²) in [6, 6.07) is 9.77. The van der Waals surface area contributed by atoms with Gasteiger partial charge >= 0.3 is 0 Å². The first kappa shape index (κ1) is 19.8. The van der Waals surface area contributed by atoms with Crippen molar-refractivity contribution in [2.24, 2.45) is 0 Å². The summed E-state index contributed by atoms with van der Waals surface area (Å²) in [5, 5.41) is 0. The van der Waals surface area contributed by atoms with Crippen LogP contribution in [0.3, 0.4) is 0 Å². The lowest BCUT2D eigenvalue weighted by Gasteiger charge is -2.31. The van der Waals surface area contributed by atoms with E-state index in [0.717, 1.165) is 16.8 Å². The van der Waals surface area contributed by atoms with Crippen LogP contribution >= 0.6 is 0 Å². The van der Waals surface area contributed by atoms with Crippen molar-refractivity contribution < 1.29 is 17.9 Å². The summed E-state index contributed by atoms with van der Waals surface area (Å²) in [6.07, 6.45) is 4.38. The first-order chi connectivity index (χ1) is 13.9. The van der Waals surface area contributed by atoms with Crippen molar-refractivity contribution in [3.05, 3.63) is 53.9 Å². The van der Waals surface area contributed by atoms with E-state index >= 15 is 0 Å². The van der Waals surface area contributed by atoms with E-state index in [-0.39, 0.29) is 23.7 Å². The fraction of sp³-hybridized carbons (Fsp3) is 0.429. The Morgan fingerprint density at radius 2 is 2.03 bits per heavy atom. The van der Waals surface area contributed by atoms with Gasteiger partial charge in [-0.1, -0.05) is 18.2 Å². The molecule has 0 saturated carbocycles. The molecule has 1 aromatic heterocycles. The van der Waals surface area contributed by atoms with E-state index in [1.165, 1.54) is 4.31 Å². The van der Waals surface area contributed by atoms with E-state index in [1.807, 2.05) is 30.3 Å². The second kappa shape index (κ2) is 7.76. The zero-order valence-corrected chi connectivity index (χ0v) is 17.4. The molecular formula is C21H25N3O4S. The number of sulfonamides is 1. The minimum absolute atomic E-state index is 0.0312. The molecule has 7 nitrogen and oxygen atoms in total. The predicted octanol–water partition coefficient (Wildman–Crippen LogP) is 2.19. The highest BCUT2D eigenvalue weighted by Crippen LogP contribution is 2.35. The monoisotopic (exact) mass is 415 g/mol. The number of amides is 1. The van der Waals surface area contributed by atoms with Gasteiger partial charge in [0.05, 0.1) is 24.4 Å². The maximum absolute atomic E-state index is 12.9. The van der Waals surface area contributed by atoms with Crippen LogP contribution in [-0.2, 0) is 21.2 Å². The smallest absolute Gasteiger partial charge is 0.234 e. The second-order valence-corrected chi connectivity index (χ2v) is 9.78. The molecule has 1 fully saturated rings. The number of likely N-dealkylation sites (N-methyl/N-ethyl adjacent to an activating group) is 1. The number of aromatic nitrogens is 1. The van der Waals surface area contributed by atoms with Crippen molar-refractivity contribution in [2.75, 3.05) is 30.8 Å². The van der Waals surface area contributed by atoms with Gasteiger partial charge in [-0.15, -0.1) is 0 Å². The van der Waals surface area contributed by atoms with Crippen molar-refractivity contribution in [1.29, 1.82) is 0 Å². The highest BCUT2D eigenvalue weighted by molar-refractivity contribution is 7.89. The standard InChI is InChI=1S/C21H25N3O4S/c1-3-29(26,27)24-9-8-17(14-24)28-18-10-16(12-22-13-18)19-11-15-6-4-5-7-20(15)23(2)21(19)25/h4-7,10,12-13,17,19H,3,8-9,11,14H2,1-2H3/t17-,19?/m0/s1. The number of anilines is 1. The van der Waals surface area contributed by atoms with Gasteiger partial charge in [0.15, 0.2) is 0 Å². The van der Waals surface area contributed by atoms with Crippen LogP contribution in [0.5, 0.6) is 5.75 Å². The van der Waals surface area contributed by atoms with Crippen LogP contribution in [0, 0.1) is 0 Å². The van der Waals surface area contributed by atoms with Gasteiger partial charge in [0.25, 0.3) is 0 Å². The molecule has 2 atom stereocenters. The lowest BCUT2D eigenvalue weighted by molar-refractivity contribution is -0.120. The number of pyridine rings is 1. The van der Waals surface area contributed by atoms with Crippen molar-refractivity contribution in [3.8, 4) is 5.75 Å². The zero-order valence-electron chi connectivity index (χ0n) is 16.6. The highest BCUT2D eigenvalue weighted by Gasteiger charge is 2.33. The van der Waals surface area contributed by atoms with Crippen LogP contribution in [-0.4, -0.2) is 55.6 Å². The average Bonchev–Trinajstić information content (AvgIpc) is 3.20. The number of carbonyl (C=O) groups is 1. The topological polar surface area (TPSA) is 79.8 Å². The maximum Gasteiger partial charge on any atom is 0.234 e. The van der Waals surface area contributed by atoms with Gasteiger partial charge in [-0.2, -0.15) is 4.31 Å². The number of fused-ring (bicyclic) bond motifs is 1. The van der Waals surface area contributed by atoms with Crippen molar-refractivity contribution in [3.63, 3.8) is 0 Å². The highest BCUT2D eigenvalue weighted by atomic mass is 32.2. The molecule has 1 amide bonds. The summed E-state index contributed by atoms with van der Waals surface area (Å²) >= 11 is 0. The predicted molar refractivity (Wildman–Crippen MR) is 111 cm³/mol. The molecule has 2 aromatic rings. The number of ether oxygens (including phenoxy) is 1. The van der Waals surface area contributed by atoms with E-state index in [1.54, 1.807) is 31.3 Å². The summed E-state index contributed by atoms with van der Waals surface area (Å²) in [4.78, 5) is 18.9. The number of carbonyl (C=O) groups excluding carboxylic acids is 1. The van der Waals surface area contributed by atoms with Crippen molar-refractivity contribution >= 4 is 21.6 Å². The molecule has 2 aliphatic heterocycles. The Kier molecular flexibility index (Phi) is 5.31. The lowest BCUT2D eigenvalue weighted by Crippen LogP contribution is -2.37. The SMILES string of the molecule is CCS(=O)(=O)N1CC[C@H](Oc2cncc(C3Cc4ccccc4N(C)C3=O)c2)C1. The molecule has 29 heavy (non-hydrogen) atoms. The number of hydrogen-bond acceptors (Lipinski definition) is 5. The van der Waals surface area contributed by atoms with Crippen LogP contribution in [0.2, 0.25) is 0 Å². The van der Waals surface area contributed by atoms with Gasteiger partial charge in [-0.25, -0.2) is 8.42 Å². The molecule has 1 unspecified atom stereocenters. The third-order valence-corrected chi connectivity index (χ3v) is 7.56. The molecule has 3 heterocycles. The van der Waals surface area contributed by atoms with Gasteiger partial charge in [-0.05, 0) is 43.0 Å². The maximum atomic E-state index is 12.9. The third kappa shape index (κ3) is 3.86. The largest absolute Gasteiger partial charge is 0.487 e. The molecule has 1 aromatic carbocycles. The number of para-hydroxylation sites is 1. The number of rotatable bonds is 5. The van der Waals surface area contributed by atoms with Gasteiger partial charge in [0, 0.05) is 25.5 Å². The van der Waals surface area contributed by atoms with Crippen molar-refractivity contribution in [1.82, 2.24) is 9.29 Å². The summed E-state index contributed by atoms with van der Waals surface area (Å²) in [6.45, 7) is 2.46. The van der Waals surface area contributed by atoms with Crippen LogP contribution in [0.4, 0.5) is 5.69 Å². The van der Waals surface area contributed by atoms with E-state index in [2.05, 4.69) is 4.98 Å². The first-order valence-electron chi connectivity index (χ1n) is 9.84. The van der Waals surface area contributed by atoms with Crippen LogP contribution in [0.15, 0.2) is 42.7 Å². The molecule has 0 aliphatic carbocycles. The normalized spacial score (nSPS) is 22.6. The van der Waals surface area contributed by atoms with Crippen LogP contribution in [0.25, 0.3) is 0 Å². The lowest BCUT2D eigenvalue weighted by atomic mass is 9.87. The molecule has 8 heteroatoms. The molecule has 1 saturated heterocycles. The van der Waals surface area contributed by atoms with Crippen molar-refractivity contribution in [2.45, 2.75) is 31.8 Å². The Hall–Kier alpha value is -2.45. The Bertz CT molecular complexity index is 1020. The van der Waals surface area contributed by atoms with E-state index in [0.29, 0.717) is 31.7 Å². The molecule has 2 aliphatic rings. The molecule has 0 bridgehead atoms. The molecular weight excluding hydrogens is 390 g/mol. The second-order valence-electron chi connectivity index (χ2n) is 7.52. The molecule has 0 spiro atoms. The molecule has 0 N–H and O–H groups in total. The molecule has 4 rings (SSSR count). The fourth-order valence-corrected chi connectivity index (χ4v) is 5.19. The first-order valence-corrected chi connectivity index (χ1v) is 11.4.